The molecule has 5 nitrogen and oxygen atoms in total. The highest BCUT2D eigenvalue weighted by Crippen LogP contribution is 2.19. The topological polar surface area (TPSA) is 74.8 Å². The van der Waals surface area contributed by atoms with Crippen LogP contribution in [0.2, 0.25) is 0 Å². The molecule has 0 spiro atoms. The number of aromatic amines is 1. The number of nitrogens with zero attached hydrogens (tertiary/aromatic N) is 1. The molecule has 0 fully saturated rings. The highest BCUT2D eigenvalue weighted by atomic mass is 79.9. The van der Waals surface area contributed by atoms with Gasteiger partial charge in [-0.25, -0.2) is 13.1 Å². The van der Waals surface area contributed by atoms with Crippen molar-refractivity contribution in [3.05, 3.63) is 33.2 Å². The molecule has 0 saturated heterocycles. The summed E-state index contributed by atoms with van der Waals surface area (Å²) >= 11 is 4.80. The molecule has 0 aromatic carbocycles. The largest absolute Gasteiger partial charge is 0.284 e. The summed E-state index contributed by atoms with van der Waals surface area (Å²) in [4.78, 5) is 1.09. The van der Waals surface area contributed by atoms with Crippen molar-refractivity contribution in [1.29, 1.82) is 0 Å². The first-order valence-electron chi connectivity index (χ1n) is 4.29. The molecule has 0 unspecified atom stereocenters. The first-order valence-corrected chi connectivity index (χ1v) is 7.45. The van der Waals surface area contributed by atoms with E-state index in [0.717, 1.165) is 9.35 Å². The molecule has 0 aliphatic heterocycles. The van der Waals surface area contributed by atoms with Crippen LogP contribution in [0.25, 0.3) is 0 Å². The maximum absolute atomic E-state index is 11.7. The summed E-state index contributed by atoms with van der Waals surface area (Å²) in [5.74, 6) is 0. The number of H-pyrrole nitrogens is 1. The number of nitrogens with one attached hydrogen (secondary N) is 2. The second kappa shape index (κ2) is 4.66. The molecule has 0 saturated carbocycles. The van der Waals surface area contributed by atoms with Crippen LogP contribution in [-0.4, -0.2) is 18.6 Å². The number of hydrogen-bond donors (Lipinski definition) is 2. The lowest BCUT2D eigenvalue weighted by Crippen LogP contribution is -2.22. The molecule has 0 bridgehead atoms. The maximum atomic E-state index is 11.7. The number of sulfonamides is 1. The van der Waals surface area contributed by atoms with Gasteiger partial charge in [-0.15, -0.1) is 11.3 Å². The number of aromatic nitrogens is 2. The second-order valence-corrected chi connectivity index (χ2v) is 6.67. The zero-order valence-corrected chi connectivity index (χ0v) is 11.2. The van der Waals surface area contributed by atoms with E-state index >= 15 is 0 Å². The summed E-state index contributed by atoms with van der Waals surface area (Å²) in [5.41, 5.74) is 0. The van der Waals surface area contributed by atoms with Crippen molar-refractivity contribution in [2.75, 3.05) is 0 Å². The Labute approximate surface area is 105 Å². The summed E-state index contributed by atoms with van der Waals surface area (Å²) < 4.78 is 26.8. The Morgan fingerprint density at radius 3 is 2.94 bits per heavy atom. The molecular formula is C8H8BrN3O2S2. The van der Waals surface area contributed by atoms with Crippen molar-refractivity contribution in [2.45, 2.75) is 11.4 Å². The predicted octanol–water partition coefficient (Wildman–Crippen LogP) is 1.71. The van der Waals surface area contributed by atoms with E-state index in [-0.39, 0.29) is 11.4 Å². The van der Waals surface area contributed by atoms with E-state index in [1.54, 1.807) is 0 Å². The maximum Gasteiger partial charge on any atom is 0.244 e. The minimum Gasteiger partial charge on any atom is -0.284 e. The van der Waals surface area contributed by atoms with Crippen LogP contribution in [0.3, 0.4) is 0 Å². The molecule has 16 heavy (non-hydrogen) atoms. The van der Waals surface area contributed by atoms with E-state index in [2.05, 4.69) is 30.8 Å². The van der Waals surface area contributed by atoms with Crippen molar-refractivity contribution in [3.63, 3.8) is 0 Å². The van der Waals surface area contributed by atoms with E-state index in [0.29, 0.717) is 0 Å². The van der Waals surface area contributed by atoms with E-state index in [1.165, 1.54) is 23.7 Å². The van der Waals surface area contributed by atoms with Gasteiger partial charge in [0.15, 0.2) is 0 Å². The lowest BCUT2D eigenvalue weighted by Gasteiger charge is -2.01. The fourth-order valence-corrected chi connectivity index (χ4v) is 3.48. The summed E-state index contributed by atoms with van der Waals surface area (Å²) in [7, 11) is -3.46. The first kappa shape index (κ1) is 11.8. The Balaban J connectivity index is 2.06. The van der Waals surface area contributed by atoms with Gasteiger partial charge in [0.05, 0.1) is 6.20 Å². The monoisotopic (exact) mass is 321 g/mol. The zero-order chi connectivity index (χ0) is 11.6. The zero-order valence-electron chi connectivity index (χ0n) is 7.97. The molecule has 0 aliphatic rings. The van der Waals surface area contributed by atoms with E-state index < -0.39 is 10.0 Å². The highest BCUT2D eigenvalue weighted by molar-refractivity contribution is 9.10. The fraction of sp³-hybridized carbons (Fsp3) is 0.125. The van der Waals surface area contributed by atoms with Crippen LogP contribution in [0.15, 0.2) is 33.2 Å². The van der Waals surface area contributed by atoms with Gasteiger partial charge in [0, 0.05) is 27.5 Å². The molecular weight excluding hydrogens is 314 g/mol. The minimum absolute atomic E-state index is 0.142. The number of halogens is 1. The van der Waals surface area contributed by atoms with Gasteiger partial charge in [0.25, 0.3) is 0 Å². The molecule has 2 aromatic rings. The predicted molar refractivity (Wildman–Crippen MR) is 64.6 cm³/mol. The van der Waals surface area contributed by atoms with Crippen molar-refractivity contribution < 1.29 is 8.42 Å². The van der Waals surface area contributed by atoms with Crippen molar-refractivity contribution in [3.8, 4) is 0 Å². The molecule has 86 valence electrons. The Morgan fingerprint density at radius 2 is 2.38 bits per heavy atom. The summed E-state index contributed by atoms with van der Waals surface area (Å²) in [5, 5.41) is 7.97. The van der Waals surface area contributed by atoms with Crippen LogP contribution in [-0.2, 0) is 16.6 Å². The van der Waals surface area contributed by atoms with E-state index in [9.17, 15) is 8.42 Å². The summed E-state index contributed by atoms with van der Waals surface area (Å²) in [6.07, 6.45) is 2.61. The first-order chi connectivity index (χ1) is 7.58. The third-order valence-corrected chi connectivity index (χ3v) is 4.91. The van der Waals surface area contributed by atoms with Crippen molar-refractivity contribution in [2.24, 2.45) is 0 Å². The van der Waals surface area contributed by atoms with Crippen molar-refractivity contribution in [1.82, 2.24) is 14.9 Å². The van der Waals surface area contributed by atoms with Crippen LogP contribution >= 0.6 is 27.3 Å². The molecule has 2 aromatic heterocycles. The second-order valence-electron chi connectivity index (χ2n) is 2.99. The number of rotatable bonds is 4. The number of hydrogen-bond acceptors (Lipinski definition) is 4. The van der Waals surface area contributed by atoms with Crippen molar-refractivity contribution >= 4 is 37.3 Å². The Kier molecular flexibility index (Phi) is 3.43. The third kappa shape index (κ3) is 2.70. The normalized spacial score (nSPS) is 11.8. The quantitative estimate of drug-likeness (QED) is 0.900. The van der Waals surface area contributed by atoms with Crippen LogP contribution in [0, 0.1) is 0 Å². The van der Waals surface area contributed by atoms with Gasteiger partial charge in [-0.3, -0.25) is 5.10 Å². The molecule has 2 N–H and O–H groups in total. The smallest absolute Gasteiger partial charge is 0.244 e. The molecule has 8 heteroatoms. The van der Waals surface area contributed by atoms with Gasteiger partial charge < -0.3 is 0 Å². The molecule has 0 atom stereocenters. The summed E-state index contributed by atoms with van der Waals surface area (Å²) in [6, 6.07) is 1.88. The van der Waals surface area contributed by atoms with Crippen LogP contribution in [0.5, 0.6) is 0 Å². The lowest BCUT2D eigenvalue weighted by atomic mass is 10.5. The van der Waals surface area contributed by atoms with Crippen LogP contribution < -0.4 is 4.72 Å². The van der Waals surface area contributed by atoms with Crippen LogP contribution in [0.1, 0.15) is 4.88 Å². The van der Waals surface area contributed by atoms with E-state index in [1.807, 2.05) is 11.4 Å². The highest BCUT2D eigenvalue weighted by Gasteiger charge is 2.14. The van der Waals surface area contributed by atoms with Gasteiger partial charge in [0.1, 0.15) is 4.90 Å². The minimum atomic E-state index is -3.46. The SMILES string of the molecule is O=S(=O)(NCc1cc(Br)cs1)c1cn[nH]c1. The molecule has 0 amide bonds. The van der Waals surface area contributed by atoms with Crippen LogP contribution in [0.4, 0.5) is 0 Å². The Bertz CT molecular complexity index is 562. The van der Waals surface area contributed by atoms with Gasteiger partial charge >= 0.3 is 0 Å². The average molecular weight is 322 g/mol. The fourth-order valence-electron chi connectivity index (χ4n) is 1.08. The molecule has 2 rings (SSSR count). The van der Waals surface area contributed by atoms with Gasteiger partial charge in [-0.1, -0.05) is 0 Å². The molecule has 0 radical (unpaired) electrons. The van der Waals surface area contributed by atoms with Gasteiger partial charge in [-0.05, 0) is 22.0 Å². The van der Waals surface area contributed by atoms with Gasteiger partial charge in [0.2, 0.25) is 10.0 Å². The Morgan fingerprint density at radius 1 is 1.56 bits per heavy atom. The molecule has 0 aliphatic carbocycles. The van der Waals surface area contributed by atoms with Gasteiger partial charge in [-0.2, -0.15) is 5.10 Å². The number of thiophene rings is 1. The average Bonchev–Trinajstić information content (AvgIpc) is 2.85. The standard InChI is InChI=1S/C8H8BrN3O2S2/c9-6-1-7(15-5-6)2-12-16(13,14)8-3-10-11-4-8/h1,3-5,12H,2H2,(H,10,11). The van der Waals surface area contributed by atoms with E-state index in [4.69, 9.17) is 0 Å². The Hall–Kier alpha value is -0.700. The third-order valence-electron chi connectivity index (χ3n) is 1.84. The summed E-state index contributed by atoms with van der Waals surface area (Å²) in [6.45, 7) is 0.282. The molecule has 2 heterocycles. The lowest BCUT2D eigenvalue weighted by molar-refractivity contribution is 0.582.